The van der Waals surface area contributed by atoms with Crippen molar-refractivity contribution in [3.63, 3.8) is 0 Å². The van der Waals surface area contributed by atoms with Crippen molar-refractivity contribution in [2.75, 3.05) is 5.32 Å². The Morgan fingerprint density at radius 2 is 1.79 bits per heavy atom. The van der Waals surface area contributed by atoms with Crippen LogP contribution in [0.25, 0.3) is 11.5 Å². The average molecular weight is 394 g/mol. The number of nitrogens with one attached hydrogen (secondary N) is 1. The maximum atomic E-state index is 13.6. The molecule has 4 nitrogen and oxygen atoms in total. The summed E-state index contributed by atoms with van der Waals surface area (Å²) in [6.45, 7) is 2.01. The monoisotopic (exact) mass is 393 g/mol. The van der Waals surface area contributed by atoms with E-state index in [0.717, 1.165) is 16.8 Å². The Morgan fingerprint density at radius 1 is 0.964 bits per heavy atom. The molecule has 0 bridgehead atoms. The van der Waals surface area contributed by atoms with Crippen LogP contribution < -0.4 is 5.32 Å². The molecule has 28 heavy (non-hydrogen) atoms. The van der Waals surface area contributed by atoms with Gasteiger partial charge in [0.25, 0.3) is 0 Å². The lowest BCUT2D eigenvalue weighted by Gasteiger charge is -2.18. The van der Waals surface area contributed by atoms with Crippen molar-refractivity contribution in [2.45, 2.75) is 13.0 Å². The third-order valence-corrected chi connectivity index (χ3v) is 4.64. The van der Waals surface area contributed by atoms with Gasteiger partial charge in [0.05, 0.1) is 0 Å². The van der Waals surface area contributed by atoms with Crippen molar-refractivity contribution in [1.29, 1.82) is 0 Å². The maximum Gasteiger partial charge on any atom is 0.247 e. The van der Waals surface area contributed by atoms with Crippen LogP contribution in [-0.4, -0.2) is 10.2 Å². The SMILES string of the molecule is Cc1cccc(NC(c2nnc(-c3ccccc3)o2)c2ccc(F)cc2Cl)c1. The fraction of sp³-hybridized carbons (Fsp3) is 0.0909. The first kappa shape index (κ1) is 18.2. The van der Waals surface area contributed by atoms with Gasteiger partial charge in [0.2, 0.25) is 11.8 Å². The van der Waals surface area contributed by atoms with E-state index in [1.807, 2.05) is 61.5 Å². The zero-order chi connectivity index (χ0) is 19.5. The number of hydrogen-bond acceptors (Lipinski definition) is 4. The normalized spacial score (nSPS) is 12.0. The molecule has 1 atom stereocenters. The molecule has 0 radical (unpaired) electrons. The van der Waals surface area contributed by atoms with Crippen molar-refractivity contribution < 1.29 is 8.81 Å². The number of aryl methyl sites for hydroxylation is 1. The van der Waals surface area contributed by atoms with Crippen LogP contribution in [0, 0.1) is 12.7 Å². The highest BCUT2D eigenvalue weighted by Gasteiger charge is 2.24. The van der Waals surface area contributed by atoms with Crippen molar-refractivity contribution in [1.82, 2.24) is 10.2 Å². The summed E-state index contributed by atoms with van der Waals surface area (Å²) in [7, 11) is 0. The van der Waals surface area contributed by atoms with Gasteiger partial charge in [-0.3, -0.25) is 0 Å². The summed E-state index contributed by atoms with van der Waals surface area (Å²) in [4.78, 5) is 0. The second-order valence-corrected chi connectivity index (χ2v) is 6.83. The number of benzene rings is 3. The number of halogens is 2. The molecule has 0 saturated heterocycles. The second-order valence-electron chi connectivity index (χ2n) is 6.42. The van der Waals surface area contributed by atoms with Gasteiger partial charge in [-0.1, -0.05) is 48.0 Å². The number of nitrogens with zero attached hydrogens (tertiary/aromatic N) is 2. The minimum absolute atomic E-state index is 0.282. The van der Waals surface area contributed by atoms with Gasteiger partial charge >= 0.3 is 0 Å². The molecule has 6 heteroatoms. The lowest BCUT2D eigenvalue weighted by molar-refractivity contribution is 0.494. The summed E-state index contributed by atoms with van der Waals surface area (Å²) in [5, 5.41) is 12.0. The zero-order valence-electron chi connectivity index (χ0n) is 15.1. The van der Waals surface area contributed by atoms with E-state index < -0.39 is 11.9 Å². The van der Waals surface area contributed by atoms with Crippen LogP contribution in [-0.2, 0) is 0 Å². The molecule has 0 aliphatic carbocycles. The Labute approximate surface area is 167 Å². The Hall–Kier alpha value is -3.18. The number of anilines is 1. The minimum Gasteiger partial charge on any atom is -0.418 e. The van der Waals surface area contributed by atoms with E-state index in [0.29, 0.717) is 17.3 Å². The molecule has 0 aliphatic heterocycles. The topological polar surface area (TPSA) is 51.0 Å². The number of rotatable bonds is 5. The molecule has 3 aromatic carbocycles. The van der Waals surface area contributed by atoms with Gasteiger partial charge in [-0.15, -0.1) is 10.2 Å². The quantitative estimate of drug-likeness (QED) is 0.449. The molecule has 140 valence electrons. The summed E-state index contributed by atoms with van der Waals surface area (Å²) in [5.74, 6) is 0.345. The standard InChI is InChI=1S/C22H17ClFN3O/c1-14-6-5-9-17(12-14)25-20(18-11-10-16(24)13-19(18)23)22-27-26-21(28-22)15-7-3-2-4-8-15/h2-13,20,25H,1H3. The first-order chi connectivity index (χ1) is 13.6. The van der Waals surface area contributed by atoms with Crippen LogP contribution in [0.4, 0.5) is 10.1 Å². The van der Waals surface area contributed by atoms with Crippen molar-refractivity contribution in [2.24, 2.45) is 0 Å². The predicted molar refractivity (Wildman–Crippen MR) is 108 cm³/mol. The second kappa shape index (κ2) is 7.82. The van der Waals surface area contributed by atoms with Crippen molar-refractivity contribution in [3.8, 4) is 11.5 Å². The van der Waals surface area contributed by atoms with Crippen LogP contribution in [0.5, 0.6) is 0 Å². The van der Waals surface area contributed by atoms with E-state index in [1.54, 1.807) is 6.07 Å². The smallest absolute Gasteiger partial charge is 0.247 e. The van der Waals surface area contributed by atoms with E-state index in [2.05, 4.69) is 15.5 Å². The fourth-order valence-corrected chi connectivity index (χ4v) is 3.23. The molecule has 4 rings (SSSR count). The largest absolute Gasteiger partial charge is 0.418 e. The van der Waals surface area contributed by atoms with Gasteiger partial charge in [0.15, 0.2) is 0 Å². The van der Waals surface area contributed by atoms with E-state index >= 15 is 0 Å². The van der Waals surface area contributed by atoms with E-state index in [9.17, 15) is 4.39 Å². The summed E-state index contributed by atoms with van der Waals surface area (Å²) in [5.41, 5.74) is 3.43. The molecule has 1 unspecified atom stereocenters. The number of hydrogen-bond donors (Lipinski definition) is 1. The third kappa shape index (κ3) is 3.89. The first-order valence-electron chi connectivity index (χ1n) is 8.77. The highest BCUT2D eigenvalue weighted by Crippen LogP contribution is 2.33. The highest BCUT2D eigenvalue weighted by molar-refractivity contribution is 6.31. The van der Waals surface area contributed by atoms with Gasteiger partial charge in [-0.2, -0.15) is 0 Å². The Kier molecular flexibility index (Phi) is 5.08. The summed E-state index contributed by atoms with van der Waals surface area (Å²) in [6.07, 6.45) is 0. The zero-order valence-corrected chi connectivity index (χ0v) is 15.8. The Bertz CT molecular complexity index is 1100. The molecule has 0 spiro atoms. The third-order valence-electron chi connectivity index (χ3n) is 4.31. The molecule has 1 aromatic heterocycles. The lowest BCUT2D eigenvalue weighted by Crippen LogP contribution is -2.13. The fourth-order valence-electron chi connectivity index (χ4n) is 2.96. The molecular formula is C22H17ClFN3O. The molecule has 0 aliphatic rings. The van der Waals surface area contributed by atoms with Gasteiger partial charge in [-0.25, -0.2) is 4.39 Å². The summed E-state index contributed by atoms with van der Waals surface area (Å²) < 4.78 is 19.5. The summed E-state index contributed by atoms with van der Waals surface area (Å²) in [6, 6.07) is 21.1. The molecule has 0 amide bonds. The summed E-state index contributed by atoms with van der Waals surface area (Å²) >= 11 is 6.33. The van der Waals surface area contributed by atoms with E-state index in [4.69, 9.17) is 16.0 Å². The van der Waals surface area contributed by atoms with Crippen LogP contribution in [0.2, 0.25) is 5.02 Å². The molecule has 0 fully saturated rings. The van der Waals surface area contributed by atoms with Gasteiger partial charge < -0.3 is 9.73 Å². The Morgan fingerprint density at radius 3 is 2.54 bits per heavy atom. The average Bonchev–Trinajstić information content (AvgIpc) is 3.17. The molecule has 0 saturated carbocycles. The van der Waals surface area contributed by atoms with Gasteiger partial charge in [0.1, 0.15) is 11.9 Å². The van der Waals surface area contributed by atoms with E-state index in [-0.39, 0.29) is 5.02 Å². The Balaban J connectivity index is 1.75. The highest BCUT2D eigenvalue weighted by atomic mass is 35.5. The molecule has 1 N–H and O–H groups in total. The van der Waals surface area contributed by atoms with Crippen molar-refractivity contribution in [3.05, 3.63) is 101 Å². The van der Waals surface area contributed by atoms with Crippen LogP contribution >= 0.6 is 11.6 Å². The molecule has 4 aromatic rings. The van der Waals surface area contributed by atoms with Gasteiger partial charge in [-0.05, 0) is 48.9 Å². The van der Waals surface area contributed by atoms with Crippen molar-refractivity contribution >= 4 is 17.3 Å². The predicted octanol–water partition coefficient (Wildman–Crippen LogP) is 6.04. The maximum absolute atomic E-state index is 13.6. The minimum atomic E-state index is -0.528. The first-order valence-corrected chi connectivity index (χ1v) is 9.15. The van der Waals surface area contributed by atoms with E-state index in [1.165, 1.54) is 12.1 Å². The van der Waals surface area contributed by atoms with Crippen LogP contribution in [0.3, 0.4) is 0 Å². The van der Waals surface area contributed by atoms with Crippen LogP contribution in [0.1, 0.15) is 23.1 Å². The van der Waals surface area contributed by atoms with Gasteiger partial charge in [0, 0.05) is 21.8 Å². The molecule has 1 heterocycles. The molecular weight excluding hydrogens is 377 g/mol. The lowest BCUT2D eigenvalue weighted by atomic mass is 10.1. The number of aromatic nitrogens is 2. The van der Waals surface area contributed by atoms with Crippen LogP contribution in [0.15, 0.2) is 77.2 Å².